The predicted octanol–water partition coefficient (Wildman–Crippen LogP) is 7.48. The van der Waals surface area contributed by atoms with Crippen molar-refractivity contribution >= 4 is 10.8 Å². The van der Waals surface area contributed by atoms with E-state index in [9.17, 15) is 0 Å². The lowest BCUT2D eigenvalue weighted by molar-refractivity contribution is 0.306. The lowest BCUT2D eigenvalue weighted by atomic mass is 10.0. The highest BCUT2D eigenvalue weighted by Crippen LogP contribution is 2.24. The van der Waals surface area contributed by atoms with Crippen LogP contribution in [0.4, 0.5) is 0 Å². The molecule has 0 radical (unpaired) electrons. The molecule has 32 heavy (non-hydrogen) atoms. The minimum absolute atomic E-state index is 0.778. The quantitative estimate of drug-likeness (QED) is 0.228. The normalized spacial score (nSPS) is 10.4. The second kappa shape index (κ2) is 10.6. The number of unbranched alkanes of at least 4 members (excludes halogenated alkanes) is 2. The number of methoxy groups -OCH3 is 1. The molecule has 0 N–H and O–H groups in total. The van der Waals surface area contributed by atoms with E-state index < -0.39 is 0 Å². The monoisotopic (exact) mass is 420 g/mol. The molecular formula is C30H28O2. The van der Waals surface area contributed by atoms with Gasteiger partial charge in [-0.05, 0) is 76.9 Å². The Bertz CT molecular complexity index is 1230. The Morgan fingerprint density at radius 2 is 1.22 bits per heavy atom. The van der Waals surface area contributed by atoms with Gasteiger partial charge in [-0.2, -0.15) is 0 Å². The summed E-state index contributed by atoms with van der Waals surface area (Å²) in [6.45, 7) is 2.98. The second-order valence-electron chi connectivity index (χ2n) is 7.84. The fourth-order valence-corrected chi connectivity index (χ4v) is 3.61. The van der Waals surface area contributed by atoms with Gasteiger partial charge in [0, 0.05) is 11.1 Å². The van der Waals surface area contributed by atoms with E-state index in [1.165, 1.54) is 23.6 Å². The van der Waals surface area contributed by atoms with Crippen LogP contribution in [0.1, 0.15) is 37.3 Å². The van der Waals surface area contributed by atoms with E-state index in [2.05, 4.69) is 85.5 Å². The van der Waals surface area contributed by atoms with Gasteiger partial charge in [0.15, 0.2) is 0 Å². The van der Waals surface area contributed by atoms with Crippen LogP contribution in [0.25, 0.3) is 21.9 Å². The molecule has 0 saturated heterocycles. The van der Waals surface area contributed by atoms with Gasteiger partial charge in [-0.25, -0.2) is 0 Å². The average molecular weight is 421 g/mol. The highest BCUT2D eigenvalue weighted by molar-refractivity contribution is 5.85. The topological polar surface area (TPSA) is 18.5 Å². The molecule has 0 aliphatic carbocycles. The van der Waals surface area contributed by atoms with E-state index in [4.69, 9.17) is 9.47 Å². The Morgan fingerprint density at radius 1 is 0.625 bits per heavy atom. The zero-order valence-electron chi connectivity index (χ0n) is 18.7. The van der Waals surface area contributed by atoms with Crippen molar-refractivity contribution in [2.24, 2.45) is 0 Å². The van der Waals surface area contributed by atoms with Crippen LogP contribution >= 0.6 is 0 Å². The van der Waals surface area contributed by atoms with Crippen molar-refractivity contribution in [3.63, 3.8) is 0 Å². The maximum atomic E-state index is 5.87. The van der Waals surface area contributed by atoms with Gasteiger partial charge in [0.05, 0.1) is 13.7 Å². The first-order valence-corrected chi connectivity index (χ1v) is 11.2. The Hall–Kier alpha value is -3.70. The largest absolute Gasteiger partial charge is 0.497 e. The Labute approximate surface area is 190 Å². The molecule has 160 valence electrons. The van der Waals surface area contributed by atoms with Crippen molar-refractivity contribution in [2.45, 2.75) is 26.2 Å². The number of benzene rings is 4. The summed E-state index contributed by atoms with van der Waals surface area (Å²) in [6.07, 6.45) is 3.52. The van der Waals surface area contributed by atoms with Crippen LogP contribution in [0.5, 0.6) is 11.5 Å². The van der Waals surface area contributed by atoms with Crippen LogP contribution in [0.3, 0.4) is 0 Å². The number of ether oxygens (including phenoxy) is 2. The first-order chi connectivity index (χ1) is 15.7. The molecule has 2 heteroatoms. The first kappa shape index (κ1) is 21.5. The van der Waals surface area contributed by atoms with Gasteiger partial charge < -0.3 is 9.47 Å². The molecule has 0 aliphatic heterocycles. The van der Waals surface area contributed by atoms with E-state index >= 15 is 0 Å². The molecule has 0 amide bonds. The minimum Gasteiger partial charge on any atom is -0.497 e. The Kier molecular flexibility index (Phi) is 7.10. The van der Waals surface area contributed by atoms with E-state index in [0.717, 1.165) is 46.8 Å². The van der Waals surface area contributed by atoms with Crippen molar-refractivity contribution in [1.29, 1.82) is 0 Å². The molecule has 4 aromatic rings. The standard InChI is InChI=1S/C30H28O2/c1-3-4-5-20-32-30-19-16-27-21-24(10-13-28(27)22-30)7-6-23-8-11-25(12-9-23)26-14-17-29(31-2)18-15-26/h8-19,21-22H,3-5,20H2,1-2H3. The molecule has 0 unspecified atom stereocenters. The summed E-state index contributed by atoms with van der Waals surface area (Å²) < 4.78 is 11.1. The third-order valence-corrected chi connectivity index (χ3v) is 5.49. The zero-order chi connectivity index (χ0) is 22.2. The highest BCUT2D eigenvalue weighted by Gasteiger charge is 2.00. The van der Waals surface area contributed by atoms with Crippen molar-refractivity contribution < 1.29 is 9.47 Å². The summed E-state index contributed by atoms with van der Waals surface area (Å²) in [5.41, 5.74) is 4.33. The zero-order valence-corrected chi connectivity index (χ0v) is 18.7. The Balaban J connectivity index is 1.44. The molecule has 2 nitrogen and oxygen atoms in total. The van der Waals surface area contributed by atoms with Gasteiger partial charge >= 0.3 is 0 Å². The molecule has 4 aromatic carbocycles. The fourth-order valence-electron chi connectivity index (χ4n) is 3.61. The van der Waals surface area contributed by atoms with Gasteiger partial charge in [-0.1, -0.05) is 68.0 Å². The molecule has 0 spiro atoms. The fraction of sp³-hybridized carbons (Fsp3) is 0.200. The number of fused-ring (bicyclic) bond motifs is 1. The van der Waals surface area contributed by atoms with Crippen LogP contribution in [-0.2, 0) is 0 Å². The van der Waals surface area contributed by atoms with E-state index in [-0.39, 0.29) is 0 Å². The third kappa shape index (κ3) is 5.50. The second-order valence-corrected chi connectivity index (χ2v) is 7.84. The number of rotatable bonds is 7. The Morgan fingerprint density at radius 3 is 1.94 bits per heavy atom. The molecule has 4 rings (SSSR count). The van der Waals surface area contributed by atoms with Crippen molar-refractivity contribution in [2.75, 3.05) is 13.7 Å². The lowest BCUT2D eigenvalue weighted by Gasteiger charge is -2.07. The maximum absolute atomic E-state index is 5.87. The molecule has 0 bridgehead atoms. The van der Waals surface area contributed by atoms with Crippen LogP contribution in [0, 0.1) is 11.8 Å². The first-order valence-electron chi connectivity index (χ1n) is 11.2. The summed E-state index contributed by atoms with van der Waals surface area (Å²) in [5.74, 6) is 8.37. The molecule has 0 saturated carbocycles. The van der Waals surface area contributed by atoms with Crippen molar-refractivity contribution in [3.8, 4) is 34.5 Å². The van der Waals surface area contributed by atoms with Gasteiger partial charge in [0.25, 0.3) is 0 Å². The van der Waals surface area contributed by atoms with Gasteiger partial charge in [-0.15, -0.1) is 0 Å². The van der Waals surface area contributed by atoms with E-state index in [0.29, 0.717) is 0 Å². The SMILES string of the molecule is CCCCCOc1ccc2cc(C#Cc3ccc(-c4ccc(OC)cc4)cc3)ccc2c1. The summed E-state index contributed by atoms with van der Waals surface area (Å²) in [6, 6.07) is 29.0. The van der Waals surface area contributed by atoms with Gasteiger partial charge in [0.2, 0.25) is 0 Å². The number of hydrogen-bond acceptors (Lipinski definition) is 2. The minimum atomic E-state index is 0.778. The van der Waals surface area contributed by atoms with Crippen molar-refractivity contribution in [3.05, 3.63) is 96.1 Å². The van der Waals surface area contributed by atoms with Gasteiger partial charge in [0.1, 0.15) is 11.5 Å². The lowest BCUT2D eigenvalue weighted by Crippen LogP contribution is -1.96. The molecule has 0 fully saturated rings. The van der Waals surface area contributed by atoms with E-state index in [1.54, 1.807) is 7.11 Å². The van der Waals surface area contributed by atoms with Crippen LogP contribution in [-0.4, -0.2) is 13.7 Å². The molecule has 0 heterocycles. The summed E-state index contributed by atoms with van der Waals surface area (Å²) in [5, 5.41) is 2.35. The van der Waals surface area contributed by atoms with Gasteiger partial charge in [-0.3, -0.25) is 0 Å². The third-order valence-electron chi connectivity index (χ3n) is 5.49. The summed E-state index contributed by atoms with van der Waals surface area (Å²) in [4.78, 5) is 0. The molecular weight excluding hydrogens is 392 g/mol. The highest BCUT2D eigenvalue weighted by atomic mass is 16.5. The van der Waals surface area contributed by atoms with Crippen LogP contribution < -0.4 is 9.47 Å². The van der Waals surface area contributed by atoms with Crippen LogP contribution in [0.2, 0.25) is 0 Å². The average Bonchev–Trinajstić information content (AvgIpc) is 2.85. The molecule has 0 aromatic heterocycles. The molecule has 0 aliphatic rings. The van der Waals surface area contributed by atoms with Crippen molar-refractivity contribution in [1.82, 2.24) is 0 Å². The predicted molar refractivity (Wildman–Crippen MR) is 133 cm³/mol. The maximum Gasteiger partial charge on any atom is 0.119 e. The number of hydrogen-bond donors (Lipinski definition) is 0. The van der Waals surface area contributed by atoms with Crippen LogP contribution in [0.15, 0.2) is 84.9 Å². The summed E-state index contributed by atoms with van der Waals surface area (Å²) >= 11 is 0. The smallest absolute Gasteiger partial charge is 0.119 e. The summed E-state index contributed by atoms with van der Waals surface area (Å²) in [7, 11) is 1.68. The van der Waals surface area contributed by atoms with E-state index in [1.807, 2.05) is 18.2 Å². The molecule has 0 atom stereocenters.